The Bertz CT molecular complexity index is 1420. The molecule has 0 aliphatic carbocycles. The van der Waals surface area contributed by atoms with Crippen molar-refractivity contribution in [2.45, 2.75) is 30.2 Å². The zero-order valence-electron chi connectivity index (χ0n) is 20.4. The molecule has 0 spiro atoms. The van der Waals surface area contributed by atoms with Crippen LogP contribution in [-0.2, 0) is 11.3 Å². The Morgan fingerprint density at radius 1 is 0.943 bits per heavy atom. The molecule has 4 rings (SSSR count). The minimum absolute atomic E-state index is 0.0462. The van der Waals surface area contributed by atoms with Gasteiger partial charge in [-0.25, -0.2) is 4.79 Å². The normalized spacial score (nSPS) is 11.0. The van der Waals surface area contributed by atoms with Gasteiger partial charge in [-0.05, 0) is 73.0 Å². The molecule has 180 valence electrons. The maximum Gasteiger partial charge on any atom is 0.354 e. The maximum atomic E-state index is 12.7. The number of amides is 1. The van der Waals surface area contributed by atoms with Crippen LogP contribution in [0, 0.1) is 13.8 Å². The average Bonchev–Trinajstić information content (AvgIpc) is 3.19. The second kappa shape index (κ2) is 10.3. The van der Waals surface area contributed by atoms with Crippen LogP contribution in [0.5, 0.6) is 0 Å². The molecule has 0 unspecified atom stereocenters. The third-order valence-corrected chi connectivity index (χ3v) is 7.62. The van der Waals surface area contributed by atoms with Crippen LogP contribution in [0.2, 0.25) is 0 Å². The van der Waals surface area contributed by atoms with Crippen LogP contribution < -0.4 is 0 Å². The van der Waals surface area contributed by atoms with Crippen LogP contribution in [0.4, 0.5) is 0 Å². The highest BCUT2D eigenvalue weighted by Gasteiger charge is 2.19. The van der Waals surface area contributed by atoms with Gasteiger partial charge in [-0.3, -0.25) is 4.79 Å². The third kappa shape index (κ3) is 5.31. The Balaban J connectivity index is 1.76. The molecule has 1 heterocycles. The van der Waals surface area contributed by atoms with Crippen molar-refractivity contribution in [3.8, 4) is 0 Å². The molecular weight excluding hydrogens is 524 g/mol. The van der Waals surface area contributed by atoms with Crippen LogP contribution in [0.25, 0.3) is 10.9 Å². The van der Waals surface area contributed by atoms with Crippen LogP contribution >= 0.6 is 27.7 Å². The summed E-state index contributed by atoms with van der Waals surface area (Å²) in [4.78, 5) is 28.7. The highest BCUT2D eigenvalue weighted by Crippen LogP contribution is 2.37. The van der Waals surface area contributed by atoms with Crippen molar-refractivity contribution in [2.75, 3.05) is 21.2 Å². The van der Waals surface area contributed by atoms with Gasteiger partial charge in [0.25, 0.3) is 5.91 Å². The van der Waals surface area contributed by atoms with Crippen molar-refractivity contribution in [1.82, 2.24) is 9.47 Å². The summed E-state index contributed by atoms with van der Waals surface area (Å²) in [6.45, 7) is 4.69. The first-order valence-electron chi connectivity index (χ1n) is 11.1. The van der Waals surface area contributed by atoms with E-state index in [4.69, 9.17) is 4.74 Å². The number of methoxy groups -OCH3 is 1. The van der Waals surface area contributed by atoms with Gasteiger partial charge in [0.05, 0.1) is 12.6 Å². The molecule has 0 saturated heterocycles. The molecule has 5 nitrogen and oxygen atoms in total. The van der Waals surface area contributed by atoms with Crippen LogP contribution in [0.3, 0.4) is 0 Å². The summed E-state index contributed by atoms with van der Waals surface area (Å²) in [5.74, 6) is -0.439. The number of halogens is 1. The molecular formula is C28H27BrN2O3S. The number of aromatic nitrogens is 1. The highest BCUT2D eigenvalue weighted by molar-refractivity contribution is 9.10. The fraction of sp³-hybridized carbons (Fsp3) is 0.214. The van der Waals surface area contributed by atoms with E-state index in [9.17, 15) is 9.59 Å². The van der Waals surface area contributed by atoms with Crippen LogP contribution in [0.15, 0.2) is 74.9 Å². The fourth-order valence-corrected chi connectivity index (χ4v) is 5.61. The number of rotatable bonds is 6. The lowest BCUT2D eigenvalue weighted by atomic mass is 10.1. The van der Waals surface area contributed by atoms with Crippen LogP contribution in [0.1, 0.15) is 37.5 Å². The van der Waals surface area contributed by atoms with Gasteiger partial charge in [0.1, 0.15) is 5.69 Å². The monoisotopic (exact) mass is 550 g/mol. The van der Waals surface area contributed by atoms with Crippen molar-refractivity contribution < 1.29 is 14.3 Å². The Hall–Kier alpha value is -3.03. The fourth-order valence-electron chi connectivity index (χ4n) is 3.90. The van der Waals surface area contributed by atoms with Crippen molar-refractivity contribution in [2.24, 2.45) is 0 Å². The molecule has 0 fully saturated rings. The van der Waals surface area contributed by atoms with Gasteiger partial charge >= 0.3 is 5.97 Å². The quantitative estimate of drug-likeness (QED) is 0.250. The summed E-state index contributed by atoms with van der Waals surface area (Å²) in [7, 11) is 4.86. The van der Waals surface area contributed by atoms with E-state index < -0.39 is 5.97 Å². The van der Waals surface area contributed by atoms with Crippen molar-refractivity contribution >= 4 is 50.5 Å². The van der Waals surface area contributed by atoms with Gasteiger partial charge in [-0.1, -0.05) is 45.9 Å². The molecule has 3 aromatic carbocycles. The lowest BCUT2D eigenvalue weighted by Crippen LogP contribution is -2.21. The van der Waals surface area contributed by atoms with E-state index in [0.29, 0.717) is 17.8 Å². The van der Waals surface area contributed by atoms with Gasteiger partial charge in [-0.2, -0.15) is 0 Å². The van der Waals surface area contributed by atoms with E-state index in [2.05, 4.69) is 60.1 Å². The number of esters is 1. The summed E-state index contributed by atoms with van der Waals surface area (Å²) in [5, 5.41) is 0.939. The number of nitrogens with zero attached hydrogens (tertiary/aromatic N) is 2. The van der Waals surface area contributed by atoms with Crippen LogP contribution in [-0.4, -0.2) is 42.5 Å². The smallest absolute Gasteiger partial charge is 0.354 e. The maximum absolute atomic E-state index is 12.7. The zero-order chi connectivity index (χ0) is 25.3. The van der Waals surface area contributed by atoms with Crippen molar-refractivity contribution in [3.63, 3.8) is 0 Å². The van der Waals surface area contributed by atoms with E-state index in [1.54, 1.807) is 30.8 Å². The molecule has 1 amide bonds. The number of fused-ring (bicyclic) bond motifs is 1. The SMILES string of the molecule is COC(=O)c1cc2c(Br)cc(Sc3ccc(C)c(C)c3)cc2n1Cc1ccc(C(=O)N(C)C)cc1. The molecule has 0 bridgehead atoms. The number of aryl methyl sites for hydroxylation is 2. The number of hydrogen-bond acceptors (Lipinski definition) is 4. The first kappa shape index (κ1) is 25.1. The Kier molecular flexibility index (Phi) is 7.38. The van der Waals surface area contributed by atoms with E-state index in [-0.39, 0.29) is 5.91 Å². The second-order valence-electron chi connectivity index (χ2n) is 8.69. The second-order valence-corrected chi connectivity index (χ2v) is 10.7. The van der Waals surface area contributed by atoms with Crippen molar-refractivity contribution in [3.05, 3.63) is 93.1 Å². The number of carbonyl (C=O) groups excluding carboxylic acids is 2. The minimum atomic E-state index is -0.393. The van der Waals surface area contributed by atoms with E-state index in [1.165, 1.54) is 18.2 Å². The molecule has 7 heteroatoms. The molecule has 0 saturated carbocycles. The first-order valence-corrected chi connectivity index (χ1v) is 12.8. The predicted octanol–water partition coefficient (Wildman–Crippen LogP) is 6.71. The first-order chi connectivity index (χ1) is 16.7. The zero-order valence-corrected chi connectivity index (χ0v) is 22.8. The summed E-state index contributed by atoms with van der Waals surface area (Å²) in [6.07, 6.45) is 0. The lowest BCUT2D eigenvalue weighted by Gasteiger charge is -2.13. The topological polar surface area (TPSA) is 51.5 Å². The molecule has 0 atom stereocenters. The molecule has 35 heavy (non-hydrogen) atoms. The van der Waals surface area contributed by atoms with Gasteiger partial charge in [0, 0.05) is 45.9 Å². The summed E-state index contributed by atoms with van der Waals surface area (Å²) >= 11 is 5.39. The third-order valence-electron chi connectivity index (χ3n) is 6.00. The predicted molar refractivity (Wildman–Crippen MR) is 145 cm³/mol. The average molecular weight is 552 g/mol. The molecule has 1 aromatic heterocycles. The Morgan fingerprint density at radius 2 is 1.66 bits per heavy atom. The number of hydrogen-bond donors (Lipinski definition) is 0. The van der Waals surface area contributed by atoms with Gasteiger partial charge in [-0.15, -0.1) is 0 Å². The van der Waals surface area contributed by atoms with Gasteiger partial charge in [0.15, 0.2) is 0 Å². The number of benzene rings is 3. The van der Waals surface area contributed by atoms with E-state index in [1.807, 2.05) is 34.9 Å². The summed E-state index contributed by atoms with van der Waals surface area (Å²) in [5.41, 5.74) is 5.53. The van der Waals surface area contributed by atoms with Gasteiger partial charge in [0.2, 0.25) is 0 Å². The Labute approximate surface area is 218 Å². The Morgan fingerprint density at radius 3 is 2.29 bits per heavy atom. The molecule has 0 aliphatic heterocycles. The van der Waals surface area contributed by atoms with Crippen molar-refractivity contribution in [1.29, 1.82) is 0 Å². The lowest BCUT2D eigenvalue weighted by molar-refractivity contribution is 0.0589. The van der Waals surface area contributed by atoms with Gasteiger partial charge < -0.3 is 14.2 Å². The summed E-state index contributed by atoms with van der Waals surface area (Å²) in [6, 6.07) is 20.0. The molecule has 0 radical (unpaired) electrons. The standard InChI is InChI=1S/C28H27BrN2O3S/c1-17-6-11-21(12-18(17)2)35-22-13-24(29)23-15-26(28(33)34-5)31(25(23)14-22)16-19-7-9-20(10-8-19)27(32)30(3)4/h6-15H,16H2,1-5H3. The number of carbonyl (C=O) groups is 2. The van der Waals surface area contributed by atoms with E-state index in [0.717, 1.165) is 30.7 Å². The largest absolute Gasteiger partial charge is 0.464 e. The minimum Gasteiger partial charge on any atom is -0.464 e. The van der Waals surface area contributed by atoms with E-state index >= 15 is 0 Å². The molecule has 0 N–H and O–H groups in total. The summed E-state index contributed by atoms with van der Waals surface area (Å²) < 4.78 is 7.97. The molecule has 0 aliphatic rings. The molecule has 4 aromatic rings. The number of ether oxygens (including phenoxy) is 1. The highest BCUT2D eigenvalue weighted by atomic mass is 79.9.